The third-order valence-corrected chi connectivity index (χ3v) is 3.49. The highest BCUT2D eigenvalue weighted by molar-refractivity contribution is 5.91. The SMILES string of the molecule is O=C1Nc2[nH]ccc2CN1[C@@H]1O[C@H](CO)[C@@H](O)[C@H]1O. The maximum atomic E-state index is 11.9. The molecule has 2 aliphatic rings. The summed E-state index contributed by atoms with van der Waals surface area (Å²) in [6, 6.07) is 1.38. The Labute approximate surface area is 108 Å². The van der Waals surface area contributed by atoms with Crippen LogP contribution in [0.4, 0.5) is 10.6 Å². The fourth-order valence-electron chi connectivity index (χ4n) is 2.43. The van der Waals surface area contributed by atoms with Crippen molar-refractivity contribution in [1.82, 2.24) is 9.88 Å². The Morgan fingerprint density at radius 3 is 2.89 bits per heavy atom. The molecule has 0 radical (unpaired) electrons. The maximum Gasteiger partial charge on any atom is 0.325 e. The van der Waals surface area contributed by atoms with Gasteiger partial charge in [-0.15, -0.1) is 0 Å². The quantitative estimate of drug-likeness (QED) is 0.462. The topological polar surface area (TPSA) is 118 Å². The predicted molar refractivity (Wildman–Crippen MR) is 63.1 cm³/mol. The molecule has 0 bridgehead atoms. The van der Waals surface area contributed by atoms with Crippen LogP contribution in [0.1, 0.15) is 5.56 Å². The Kier molecular flexibility index (Phi) is 2.94. The van der Waals surface area contributed by atoms with Crippen molar-refractivity contribution in [1.29, 1.82) is 0 Å². The zero-order valence-electron chi connectivity index (χ0n) is 9.98. The fraction of sp³-hybridized carbons (Fsp3) is 0.545. The van der Waals surface area contributed by atoms with E-state index in [9.17, 15) is 15.0 Å². The van der Waals surface area contributed by atoms with Crippen molar-refractivity contribution in [3.8, 4) is 0 Å². The third-order valence-electron chi connectivity index (χ3n) is 3.49. The van der Waals surface area contributed by atoms with Gasteiger partial charge in [0.05, 0.1) is 13.2 Å². The molecule has 1 aromatic rings. The van der Waals surface area contributed by atoms with Crippen molar-refractivity contribution in [3.63, 3.8) is 0 Å². The van der Waals surface area contributed by atoms with Crippen LogP contribution in [0.15, 0.2) is 12.3 Å². The van der Waals surface area contributed by atoms with Crippen LogP contribution in [0.3, 0.4) is 0 Å². The molecule has 3 rings (SSSR count). The van der Waals surface area contributed by atoms with Crippen molar-refractivity contribution in [3.05, 3.63) is 17.8 Å². The van der Waals surface area contributed by atoms with Crippen LogP contribution in [0.2, 0.25) is 0 Å². The summed E-state index contributed by atoms with van der Waals surface area (Å²) in [4.78, 5) is 16.1. The van der Waals surface area contributed by atoms with E-state index in [1.54, 1.807) is 6.20 Å². The maximum absolute atomic E-state index is 11.9. The largest absolute Gasteiger partial charge is 0.394 e. The summed E-state index contributed by atoms with van der Waals surface area (Å²) in [5.41, 5.74) is 0.859. The normalized spacial score (nSPS) is 34.3. The zero-order chi connectivity index (χ0) is 13.6. The first kappa shape index (κ1) is 12.4. The Balaban J connectivity index is 1.82. The van der Waals surface area contributed by atoms with Crippen molar-refractivity contribution in [2.45, 2.75) is 31.1 Å². The number of carbonyl (C=O) groups is 1. The number of carbonyl (C=O) groups excluding carboxylic acids is 1. The van der Waals surface area contributed by atoms with E-state index in [1.807, 2.05) is 6.07 Å². The number of urea groups is 1. The number of ether oxygens (including phenoxy) is 1. The van der Waals surface area contributed by atoms with E-state index in [0.717, 1.165) is 5.56 Å². The number of aromatic nitrogens is 1. The summed E-state index contributed by atoms with van der Waals surface area (Å²) in [6.07, 6.45) is -2.62. The van der Waals surface area contributed by atoms with Crippen LogP contribution >= 0.6 is 0 Å². The van der Waals surface area contributed by atoms with E-state index < -0.39 is 37.2 Å². The van der Waals surface area contributed by atoms with E-state index in [-0.39, 0.29) is 6.54 Å². The van der Waals surface area contributed by atoms with Gasteiger partial charge in [-0.05, 0) is 6.07 Å². The number of rotatable bonds is 2. The smallest absolute Gasteiger partial charge is 0.325 e. The Bertz CT molecular complexity index is 490. The van der Waals surface area contributed by atoms with Crippen LogP contribution in [0.5, 0.6) is 0 Å². The molecule has 2 aliphatic heterocycles. The van der Waals surface area contributed by atoms with Crippen molar-refractivity contribution in [2.24, 2.45) is 0 Å². The van der Waals surface area contributed by atoms with Crippen LogP contribution in [0, 0.1) is 0 Å². The lowest BCUT2D eigenvalue weighted by Crippen LogP contribution is -2.50. The number of aromatic amines is 1. The Morgan fingerprint density at radius 2 is 2.21 bits per heavy atom. The van der Waals surface area contributed by atoms with Gasteiger partial charge in [0, 0.05) is 11.8 Å². The van der Waals surface area contributed by atoms with Gasteiger partial charge in [-0.2, -0.15) is 0 Å². The first-order valence-corrected chi connectivity index (χ1v) is 5.98. The van der Waals surface area contributed by atoms with Gasteiger partial charge in [-0.25, -0.2) is 4.79 Å². The second-order valence-electron chi connectivity index (χ2n) is 4.66. The number of nitrogens with one attached hydrogen (secondary N) is 2. The van der Waals surface area contributed by atoms with Gasteiger partial charge in [0.15, 0.2) is 6.23 Å². The van der Waals surface area contributed by atoms with Gasteiger partial charge in [-0.3, -0.25) is 10.2 Å². The molecule has 1 fully saturated rings. The first-order chi connectivity index (χ1) is 9.11. The minimum Gasteiger partial charge on any atom is -0.394 e. The molecule has 104 valence electrons. The van der Waals surface area contributed by atoms with E-state index >= 15 is 0 Å². The number of hydrogen-bond donors (Lipinski definition) is 5. The van der Waals surface area contributed by atoms with E-state index in [0.29, 0.717) is 5.82 Å². The summed E-state index contributed by atoms with van der Waals surface area (Å²) < 4.78 is 5.34. The number of H-pyrrole nitrogens is 1. The molecule has 8 heteroatoms. The number of aliphatic hydroxyl groups is 3. The summed E-state index contributed by atoms with van der Waals surface area (Å²) >= 11 is 0. The van der Waals surface area contributed by atoms with Gasteiger partial charge in [-0.1, -0.05) is 0 Å². The molecular formula is C11H15N3O5. The molecule has 4 atom stereocenters. The van der Waals surface area contributed by atoms with Gasteiger partial charge in [0.2, 0.25) is 0 Å². The highest BCUT2D eigenvalue weighted by Gasteiger charge is 2.47. The third kappa shape index (κ3) is 1.89. The molecule has 3 heterocycles. The lowest BCUT2D eigenvalue weighted by molar-refractivity contribution is -0.0808. The lowest BCUT2D eigenvalue weighted by Gasteiger charge is -2.33. The van der Waals surface area contributed by atoms with Crippen LogP contribution in [0.25, 0.3) is 0 Å². The minimum absolute atomic E-state index is 0.261. The molecule has 1 aromatic heterocycles. The number of aliphatic hydroxyl groups excluding tert-OH is 3. The van der Waals surface area contributed by atoms with Crippen molar-refractivity contribution < 1.29 is 24.9 Å². The summed E-state index contributed by atoms with van der Waals surface area (Å²) in [5.74, 6) is 0.619. The average molecular weight is 269 g/mol. The highest BCUT2D eigenvalue weighted by atomic mass is 16.6. The number of hydrogen-bond acceptors (Lipinski definition) is 5. The average Bonchev–Trinajstić information content (AvgIpc) is 2.95. The Hall–Kier alpha value is -1.61. The molecular weight excluding hydrogens is 254 g/mol. The lowest BCUT2D eigenvalue weighted by atomic mass is 10.1. The molecule has 1 saturated heterocycles. The molecule has 2 amide bonds. The number of amides is 2. The van der Waals surface area contributed by atoms with Crippen LogP contribution < -0.4 is 5.32 Å². The fourth-order valence-corrected chi connectivity index (χ4v) is 2.43. The van der Waals surface area contributed by atoms with Crippen molar-refractivity contribution in [2.75, 3.05) is 11.9 Å². The molecule has 0 aliphatic carbocycles. The van der Waals surface area contributed by atoms with Crippen LogP contribution in [-0.2, 0) is 11.3 Å². The molecule has 19 heavy (non-hydrogen) atoms. The van der Waals surface area contributed by atoms with Gasteiger partial charge < -0.3 is 25.0 Å². The minimum atomic E-state index is -1.25. The van der Waals surface area contributed by atoms with E-state index in [1.165, 1.54) is 4.90 Å². The van der Waals surface area contributed by atoms with Gasteiger partial charge >= 0.3 is 6.03 Å². The van der Waals surface area contributed by atoms with E-state index in [2.05, 4.69) is 10.3 Å². The second-order valence-corrected chi connectivity index (χ2v) is 4.66. The summed E-state index contributed by atoms with van der Waals surface area (Å²) in [6.45, 7) is -0.156. The molecule has 8 nitrogen and oxygen atoms in total. The Morgan fingerprint density at radius 1 is 1.42 bits per heavy atom. The molecule has 5 N–H and O–H groups in total. The summed E-state index contributed by atoms with van der Waals surface area (Å²) in [7, 11) is 0. The monoisotopic (exact) mass is 269 g/mol. The number of fused-ring (bicyclic) bond motifs is 1. The van der Waals surface area contributed by atoms with Crippen LogP contribution in [-0.4, -0.2) is 62.4 Å². The molecule has 0 saturated carbocycles. The van der Waals surface area contributed by atoms with Gasteiger partial charge in [0.25, 0.3) is 0 Å². The number of nitrogens with zero attached hydrogens (tertiary/aromatic N) is 1. The van der Waals surface area contributed by atoms with Crippen molar-refractivity contribution >= 4 is 11.8 Å². The van der Waals surface area contributed by atoms with E-state index in [4.69, 9.17) is 9.84 Å². The zero-order valence-corrected chi connectivity index (χ0v) is 9.98. The first-order valence-electron chi connectivity index (χ1n) is 5.98. The standard InChI is InChI=1S/C11H15N3O5/c15-4-6-7(16)8(17)10(19-6)14-3-5-1-2-12-9(5)13-11(14)18/h1-2,6-8,10,12,15-17H,3-4H2,(H,13,18)/t6-,7-,8-,10-/m1/s1. The molecule has 0 unspecified atom stereocenters. The van der Waals surface area contributed by atoms with Gasteiger partial charge in [0.1, 0.15) is 24.1 Å². The molecule has 0 spiro atoms. The summed E-state index contributed by atoms with van der Waals surface area (Å²) in [5, 5.41) is 31.3. The number of anilines is 1. The molecule has 0 aromatic carbocycles. The highest BCUT2D eigenvalue weighted by Crippen LogP contribution is 2.29. The second kappa shape index (κ2) is 4.49. The predicted octanol–water partition coefficient (Wildman–Crippen LogP) is -1.20.